The van der Waals surface area contributed by atoms with Gasteiger partial charge in [0, 0.05) is 12.1 Å². The van der Waals surface area contributed by atoms with Crippen LogP contribution in [-0.4, -0.2) is 50.3 Å². The number of hydrogen-bond acceptors (Lipinski definition) is 4. The van der Waals surface area contributed by atoms with Crippen molar-refractivity contribution in [3.05, 3.63) is 42.2 Å². The van der Waals surface area contributed by atoms with Gasteiger partial charge in [-0.05, 0) is 39.8 Å². The van der Waals surface area contributed by atoms with Crippen LogP contribution in [0.5, 0.6) is 0 Å². The summed E-state index contributed by atoms with van der Waals surface area (Å²) >= 11 is 0. The molecule has 7 heteroatoms. The summed E-state index contributed by atoms with van der Waals surface area (Å²) < 4.78 is 1.54. The van der Waals surface area contributed by atoms with Gasteiger partial charge >= 0.3 is 0 Å². The molecule has 0 spiro atoms. The van der Waals surface area contributed by atoms with Gasteiger partial charge in [0.15, 0.2) is 0 Å². The SMILES string of the molecule is CCN(CC(=O)NC(C)(C)C)C(=O)c1ccccc1-n1ccnn1. The number of nitrogens with one attached hydrogen (secondary N) is 1. The highest BCUT2D eigenvalue weighted by atomic mass is 16.2. The van der Waals surface area contributed by atoms with Crippen molar-refractivity contribution in [2.75, 3.05) is 13.1 Å². The predicted molar refractivity (Wildman–Crippen MR) is 90.8 cm³/mol. The molecule has 0 atom stereocenters. The van der Waals surface area contributed by atoms with Gasteiger partial charge in [-0.25, -0.2) is 4.68 Å². The molecule has 1 heterocycles. The van der Waals surface area contributed by atoms with Crippen molar-refractivity contribution in [1.29, 1.82) is 0 Å². The third-order valence-electron chi connectivity index (χ3n) is 3.32. The standard InChI is InChI=1S/C17H23N5O2/c1-5-21(12-15(23)19-17(2,3)4)16(24)13-8-6-7-9-14(13)22-11-10-18-20-22/h6-11H,5,12H2,1-4H3,(H,19,23). The zero-order valence-corrected chi connectivity index (χ0v) is 14.5. The first-order chi connectivity index (χ1) is 11.3. The molecule has 7 nitrogen and oxygen atoms in total. The van der Waals surface area contributed by atoms with Gasteiger partial charge in [-0.15, -0.1) is 5.10 Å². The summed E-state index contributed by atoms with van der Waals surface area (Å²) in [7, 11) is 0. The first-order valence-electron chi connectivity index (χ1n) is 7.88. The Bertz CT molecular complexity index is 704. The quantitative estimate of drug-likeness (QED) is 0.904. The lowest BCUT2D eigenvalue weighted by Gasteiger charge is -2.25. The summed E-state index contributed by atoms with van der Waals surface area (Å²) in [5.74, 6) is -0.399. The molecule has 1 N–H and O–H groups in total. The Morgan fingerprint density at radius 1 is 1.25 bits per heavy atom. The average Bonchev–Trinajstić information content (AvgIpc) is 3.04. The third-order valence-corrected chi connectivity index (χ3v) is 3.32. The van der Waals surface area contributed by atoms with E-state index in [2.05, 4.69) is 15.6 Å². The number of carbonyl (C=O) groups excluding carboxylic acids is 2. The molecule has 1 aromatic carbocycles. The highest BCUT2D eigenvalue weighted by molar-refractivity contribution is 5.99. The lowest BCUT2D eigenvalue weighted by Crippen LogP contribution is -2.47. The van der Waals surface area contributed by atoms with E-state index in [1.165, 1.54) is 9.58 Å². The summed E-state index contributed by atoms with van der Waals surface area (Å²) in [6.07, 6.45) is 3.23. The van der Waals surface area contributed by atoms with Crippen LogP contribution in [0.15, 0.2) is 36.7 Å². The molecule has 2 aromatic rings. The van der Waals surface area contributed by atoms with Gasteiger partial charge in [-0.3, -0.25) is 9.59 Å². The lowest BCUT2D eigenvalue weighted by molar-refractivity contribution is -0.123. The number of para-hydroxylation sites is 1. The van der Waals surface area contributed by atoms with E-state index in [9.17, 15) is 9.59 Å². The molecule has 0 unspecified atom stereocenters. The Labute approximate surface area is 141 Å². The fourth-order valence-electron chi connectivity index (χ4n) is 2.32. The Morgan fingerprint density at radius 2 is 1.96 bits per heavy atom. The Balaban J connectivity index is 2.22. The first-order valence-corrected chi connectivity index (χ1v) is 7.88. The van der Waals surface area contributed by atoms with Crippen LogP contribution in [-0.2, 0) is 4.79 Å². The van der Waals surface area contributed by atoms with Crippen LogP contribution in [0.2, 0.25) is 0 Å². The van der Waals surface area contributed by atoms with E-state index in [1.54, 1.807) is 30.6 Å². The van der Waals surface area contributed by atoms with Crippen molar-refractivity contribution < 1.29 is 9.59 Å². The molecule has 24 heavy (non-hydrogen) atoms. The molecule has 0 aliphatic heterocycles. The van der Waals surface area contributed by atoms with Crippen LogP contribution >= 0.6 is 0 Å². The van der Waals surface area contributed by atoms with Crippen molar-refractivity contribution in [3.8, 4) is 5.69 Å². The fraction of sp³-hybridized carbons (Fsp3) is 0.412. The second kappa shape index (κ2) is 7.25. The summed E-state index contributed by atoms with van der Waals surface area (Å²) in [6.45, 7) is 8.01. The van der Waals surface area contributed by atoms with E-state index in [-0.39, 0.29) is 23.9 Å². The van der Waals surface area contributed by atoms with Gasteiger partial charge in [0.05, 0.1) is 30.2 Å². The highest BCUT2D eigenvalue weighted by Crippen LogP contribution is 2.15. The van der Waals surface area contributed by atoms with E-state index < -0.39 is 0 Å². The van der Waals surface area contributed by atoms with E-state index in [1.807, 2.05) is 33.8 Å². The zero-order valence-electron chi connectivity index (χ0n) is 14.5. The fourth-order valence-corrected chi connectivity index (χ4v) is 2.32. The molecule has 0 aliphatic carbocycles. The molecule has 2 rings (SSSR count). The number of carbonyl (C=O) groups is 2. The summed E-state index contributed by atoms with van der Waals surface area (Å²) in [5.41, 5.74) is 0.779. The lowest BCUT2D eigenvalue weighted by atomic mass is 10.1. The topological polar surface area (TPSA) is 80.1 Å². The largest absolute Gasteiger partial charge is 0.350 e. The molecule has 0 saturated heterocycles. The van der Waals surface area contributed by atoms with E-state index in [0.29, 0.717) is 17.8 Å². The summed E-state index contributed by atoms with van der Waals surface area (Å²) in [4.78, 5) is 26.5. The van der Waals surface area contributed by atoms with Crippen LogP contribution < -0.4 is 5.32 Å². The number of amides is 2. The molecule has 1 aromatic heterocycles. The predicted octanol–water partition coefficient (Wildman–Crippen LogP) is 1.64. The average molecular weight is 329 g/mol. The number of benzene rings is 1. The molecule has 0 aliphatic rings. The second-order valence-corrected chi connectivity index (χ2v) is 6.48. The molecule has 2 amide bonds. The molecule has 0 radical (unpaired) electrons. The van der Waals surface area contributed by atoms with Crippen molar-refractivity contribution in [2.24, 2.45) is 0 Å². The van der Waals surface area contributed by atoms with E-state index in [0.717, 1.165) is 0 Å². The van der Waals surface area contributed by atoms with Crippen molar-refractivity contribution in [1.82, 2.24) is 25.2 Å². The van der Waals surface area contributed by atoms with Crippen LogP contribution in [0.4, 0.5) is 0 Å². The minimum atomic E-state index is -0.335. The smallest absolute Gasteiger partial charge is 0.256 e. The van der Waals surface area contributed by atoms with E-state index in [4.69, 9.17) is 0 Å². The Hall–Kier alpha value is -2.70. The Morgan fingerprint density at radius 3 is 2.54 bits per heavy atom. The van der Waals surface area contributed by atoms with Gasteiger partial charge < -0.3 is 10.2 Å². The maximum Gasteiger partial charge on any atom is 0.256 e. The van der Waals surface area contributed by atoms with Crippen molar-refractivity contribution in [2.45, 2.75) is 33.2 Å². The molecular formula is C17H23N5O2. The number of likely N-dealkylation sites (N-methyl/N-ethyl adjacent to an activating group) is 1. The Kier molecular flexibility index (Phi) is 5.33. The number of rotatable bonds is 5. The third kappa shape index (κ3) is 4.41. The van der Waals surface area contributed by atoms with Gasteiger partial charge in [-0.1, -0.05) is 17.3 Å². The van der Waals surface area contributed by atoms with Crippen molar-refractivity contribution >= 4 is 11.8 Å². The van der Waals surface area contributed by atoms with Crippen LogP contribution in [0.25, 0.3) is 5.69 Å². The molecule has 0 saturated carbocycles. The maximum atomic E-state index is 12.9. The van der Waals surface area contributed by atoms with Crippen LogP contribution in [0.1, 0.15) is 38.1 Å². The number of aromatic nitrogens is 3. The number of nitrogens with zero attached hydrogens (tertiary/aromatic N) is 4. The summed E-state index contributed by atoms with van der Waals surface area (Å²) in [6, 6.07) is 7.14. The van der Waals surface area contributed by atoms with Gasteiger partial charge in [0.2, 0.25) is 5.91 Å². The van der Waals surface area contributed by atoms with Crippen molar-refractivity contribution in [3.63, 3.8) is 0 Å². The van der Waals surface area contributed by atoms with Crippen LogP contribution in [0, 0.1) is 0 Å². The van der Waals surface area contributed by atoms with Gasteiger partial charge in [0.1, 0.15) is 0 Å². The van der Waals surface area contributed by atoms with Gasteiger partial charge in [-0.2, -0.15) is 0 Å². The van der Waals surface area contributed by atoms with Gasteiger partial charge in [0.25, 0.3) is 5.91 Å². The maximum absolute atomic E-state index is 12.9. The first kappa shape index (κ1) is 17.7. The zero-order chi connectivity index (χ0) is 17.7. The highest BCUT2D eigenvalue weighted by Gasteiger charge is 2.22. The normalized spacial score (nSPS) is 11.2. The monoisotopic (exact) mass is 329 g/mol. The number of hydrogen-bond donors (Lipinski definition) is 1. The second-order valence-electron chi connectivity index (χ2n) is 6.48. The minimum absolute atomic E-state index is 0.0122. The van der Waals surface area contributed by atoms with Crippen LogP contribution in [0.3, 0.4) is 0 Å². The molecular weight excluding hydrogens is 306 g/mol. The molecule has 128 valence electrons. The molecule has 0 bridgehead atoms. The molecule has 0 fully saturated rings. The van der Waals surface area contributed by atoms with E-state index >= 15 is 0 Å². The minimum Gasteiger partial charge on any atom is -0.350 e. The summed E-state index contributed by atoms with van der Waals surface area (Å²) in [5, 5.41) is 10.6.